The largest absolute Gasteiger partial charge is 0.493 e. The van der Waals surface area contributed by atoms with E-state index in [1.54, 1.807) is 37.6 Å². The van der Waals surface area contributed by atoms with Crippen LogP contribution >= 0.6 is 0 Å². The van der Waals surface area contributed by atoms with E-state index < -0.39 is 10.0 Å². The maximum absolute atomic E-state index is 12.8. The SMILES string of the molecule is COc1cc2c(c(OC)c1OC)C=CN(S(=O)(=O)Cc1ccccc1)C2. The Morgan fingerprint density at radius 1 is 1.00 bits per heavy atom. The van der Waals surface area contributed by atoms with Gasteiger partial charge >= 0.3 is 0 Å². The van der Waals surface area contributed by atoms with E-state index in [0.29, 0.717) is 17.2 Å². The molecule has 0 bridgehead atoms. The fourth-order valence-corrected chi connectivity index (χ4v) is 4.34. The molecule has 0 spiro atoms. The first-order chi connectivity index (χ1) is 12.5. The first kappa shape index (κ1) is 18.1. The normalized spacial score (nSPS) is 13.3. The maximum atomic E-state index is 12.8. The van der Waals surface area contributed by atoms with E-state index in [1.165, 1.54) is 18.5 Å². The Morgan fingerprint density at radius 3 is 2.31 bits per heavy atom. The second-order valence-corrected chi connectivity index (χ2v) is 7.74. The van der Waals surface area contributed by atoms with Crippen LogP contribution in [0.2, 0.25) is 0 Å². The average Bonchev–Trinajstić information content (AvgIpc) is 2.66. The third-order valence-electron chi connectivity index (χ3n) is 4.24. The van der Waals surface area contributed by atoms with Crippen molar-refractivity contribution < 1.29 is 22.6 Å². The molecule has 2 aromatic carbocycles. The van der Waals surface area contributed by atoms with Gasteiger partial charge in [-0.25, -0.2) is 8.42 Å². The Kier molecular flexibility index (Phi) is 5.08. The predicted molar refractivity (Wildman–Crippen MR) is 99.7 cm³/mol. The van der Waals surface area contributed by atoms with Gasteiger partial charge in [-0.15, -0.1) is 0 Å². The van der Waals surface area contributed by atoms with Gasteiger partial charge in [0, 0.05) is 11.8 Å². The molecule has 0 radical (unpaired) electrons. The zero-order chi connectivity index (χ0) is 18.7. The van der Waals surface area contributed by atoms with Crippen molar-refractivity contribution in [1.29, 1.82) is 0 Å². The molecule has 6 nitrogen and oxygen atoms in total. The molecule has 1 aliphatic rings. The number of rotatable bonds is 6. The number of sulfonamides is 1. The van der Waals surface area contributed by atoms with Gasteiger partial charge in [-0.3, -0.25) is 4.31 Å². The maximum Gasteiger partial charge on any atom is 0.239 e. The molecular formula is C19H21NO5S. The molecule has 7 heteroatoms. The minimum atomic E-state index is -3.50. The lowest BCUT2D eigenvalue weighted by Crippen LogP contribution is -2.29. The number of fused-ring (bicyclic) bond motifs is 1. The van der Waals surface area contributed by atoms with Crippen molar-refractivity contribution in [3.05, 3.63) is 59.3 Å². The third kappa shape index (κ3) is 3.35. The molecule has 1 heterocycles. The van der Waals surface area contributed by atoms with E-state index in [0.717, 1.165) is 16.7 Å². The number of ether oxygens (including phenoxy) is 3. The molecule has 0 N–H and O–H groups in total. The molecule has 3 rings (SSSR count). The summed E-state index contributed by atoms with van der Waals surface area (Å²) >= 11 is 0. The van der Waals surface area contributed by atoms with Crippen molar-refractivity contribution in [3.63, 3.8) is 0 Å². The zero-order valence-electron chi connectivity index (χ0n) is 14.9. The van der Waals surface area contributed by atoms with E-state index >= 15 is 0 Å². The molecule has 0 fully saturated rings. The van der Waals surface area contributed by atoms with Gasteiger partial charge in [0.05, 0.1) is 33.6 Å². The highest BCUT2D eigenvalue weighted by Gasteiger charge is 2.27. The topological polar surface area (TPSA) is 65.1 Å². The van der Waals surface area contributed by atoms with Crippen molar-refractivity contribution in [2.24, 2.45) is 0 Å². The van der Waals surface area contributed by atoms with Crippen LogP contribution in [0.1, 0.15) is 16.7 Å². The second-order valence-electron chi connectivity index (χ2n) is 5.82. The second kappa shape index (κ2) is 7.29. The van der Waals surface area contributed by atoms with Crippen LogP contribution < -0.4 is 14.2 Å². The summed E-state index contributed by atoms with van der Waals surface area (Å²) in [6.45, 7) is 0.206. The highest BCUT2D eigenvalue weighted by molar-refractivity contribution is 7.88. The van der Waals surface area contributed by atoms with Crippen molar-refractivity contribution in [3.8, 4) is 17.2 Å². The Morgan fingerprint density at radius 2 is 1.69 bits per heavy atom. The highest BCUT2D eigenvalue weighted by atomic mass is 32.2. The van der Waals surface area contributed by atoms with Gasteiger partial charge in [-0.05, 0) is 23.3 Å². The predicted octanol–water partition coefficient (Wildman–Crippen LogP) is 3.03. The van der Waals surface area contributed by atoms with Gasteiger partial charge in [-0.1, -0.05) is 30.3 Å². The standard InChI is InChI=1S/C19H21NO5S/c1-23-17-11-15-12-20(10-9-16(15)18(24-2)19(17)25-3)26(21,22)13-14-7-5-4-6-8-14/h4-11H,12-13H2,1-3H3. The summed E-state index contributed by atoms with van der Waals surface area (Å²) in [6, 6.07) is 10.9. The fraction of sp³-hybridized carbons (Fsp3) is 0.263. The Labute approximate surface area is 153 Å². The summed E-state index contributed by atoms with van der Waals surface area (Å²) in [6.07, 6.45) is 3.29. The lowest BCUT2D eigenvalue weighted by atomic mass is 10.0. The molecule has 0 aromatic heterocycles. The Hall–Kier alpha value is -2.67. The first-order valence-corrected chi connectivity index (χ1v) is 9.64. The zero-order valence-corrected chi connectivity index (χ0v) is 15.7. The quantitative estimate of drug-likeness (QED) is 0.776. The van der Waals surface area contributed by atoms with Crippen LogP contribution in [-0.2, 0) is 22.3 Å². The minimum absolute atomic E-state index is 0.0576. The number of benzene rings is 2. The summed E-state index contributed by atoms with van der Waals surface area (Å²) in [4.78, 5) is 0. The number of nitrogens with zero attached hydrogens (tertiary/aromatic N) is 1. The van der Waals surface area contributed by atoms with Gasteiger partial charge in [0.2, 0.25) is 15.8 Å². The monoisotopic (exact) mass is 375 g/mol. The molecule has 0 amide bonds. The average molecular weight is 375 g/mol. The summed E-state index contributed by atoms with van der Waals surface area (Å²) < 4.78 is 43.1. The van der Waals surface area contributed by atoms with Crippen molar-refractivity contribution >= 4 is 16.1 Å². The van der Waals surface area contributed by atoms with E-state index in [1.807, 2.05) is 18.2 Å². The van der Waals surface area contributed by atoms with E-state index in [2.05, 4.69) is 0 Å². The van der Waals surface area contributed by atoms with Crippen LogP contribution in [0.15, 0.2) is 42.6 Å². The molecule has 0 saturated heterocycles. The van der Waals surface area contributed by atoms with Crippen LogP contribution in [0.25, 0.3) is 6.08 Å². The van der Waals surface area contributed by atoms with Crippen molar-refractivity contribution in [2.45, 2.75) is 12.3 Å². The lowest BCUT2D eigenvalue weighted by molar-refractivity contribution is 0.322. The molecule has 0 saturated carbocycles. The van der Waals surface area contributed by atoms with Gasteiger partial charge in [0.25, 0.3) is 0 Å². The molecule has 138 valence electrons. The van der Waals surface area contributed by atoms with Crippen LogP contribution in [0.3, 0.4) is 0 Å². The molecule has 0 aliphatic carbocycles. The molecular weight excluding hydrogens is 354 g/mol. The van der Waals surface area contributed by atoms with E-state index in [4.69, 9.17) is 14.2 Å². The van der Waals surface area contributed by atoms with Gasteiger partial charge in [0.15, 0.2) is 11.5 Å². The summed E-state index contributed by atoms with van der Waals surface area (Å²) in [5, 5.41) is 0. The van der Waals surface area contributed by atoms with Crippen molar-refractivity contribution in [1.82, 2.24) is 4.31 Å². The molecule has 2 aromatic rings. The van der Waals surface area contributed by atoms with E-state index in [9.17, 15) is 8.42 Å². The molecule has 26 heavy (non-hydrogen) atoms. The Bertz CT molecular complexity index is 923. The summed E-state index contributed by atoms with van der Waals surface area (Å²) in [5.41, 5.74) is 2.33. The van der Waals surface area contributed by atoms with Crippen LogP contribution in [0.5, 0.6) is 17.2 Å². The molecule has 0 atom stereocenters. The van der Waals surface area contributed by atoms with Gasteiger partial charge in [-0.2, -0.15) is 0 Å². The van der Waals surface area contributed by atoms with Crippen LogP contribution in [0.4, 0.5) is 0 Å². The third-order valence-corrected chi connectivity index (χ3v) is 5.90. The molecule has 1 aliphatic heterocycles. The fourth-order valence-electron chi connectivity index (χ4n) is 2.98. The lowest BCUT2D eigenvalue weighted by Gasteiger charge is -2.27. The van der Waals surface area contributed by atoms with Gasteiger partial charge in [0.1, 0.15) is 0 Å². The van der Waals surface area contributed by atoms with E-state index in [-0.39, 0.29) is 12.3 Å². The van der Waals surface area contributed by atoms with Gasteiger partial charge < -0.3 is 14.2 Å². The Balaban J connectivity index is 1.95. The highest BCUT2D eigenvalue weighted by Crippen LogP contribution is 2.44. The number of hydrogen-bond donors (Lipinski definition) is 0. The summed E-state index contributed by atoms with van der Waals surface area (Å²) in [7, 11) is 1.12. The van der Waals surface area contributed by atoms with Crippen LogP contribution in [0, 0.1) is 0 Å². The number of methoxy groups -OCH3 is 3. The smallest absolute Gasteiger partial charge is 0.239 e. The number of hydrogen-bond acceptors (Lipinski definition) is 5. The first-order valence-electron chi connectivity index (χ1n) is 8.03. The minimum Gasteiger partial charge on any atom is -0.493 e. The summed E-state index contributed by atoms with van der Waals surface area (Å²) in [5.74, 6) is 1.45. The molecule has 0 unspecified atom stereocenters. The van der Waals surface area contributed by atoms with Crippen LogP contribution in [-0.4, -0.2) is 34.1 Å². The van der Waals surface area contributed by atoms with Crippen molar-refractivity contribution in [2.75, 3.05) is 21.3 Å².